The van der Waals surface area contributed by atoms with Crippen molar-refractivity contribution in [1.29, 1.82) is 0 Å². The predicted molar refractivity (Wildman–Crippen MR) is 76.8 cm³/mol. The molecule has 0 aliphatic carbocycles. The van der Waals surface area contributed by atoms with Crippen molar-refractivity contribution >= 4 is 15.7 Å². The second-order valence-electron chi connectivity index (χ2n) is 4.53. The number of rotatable bonds is 8. The van der Waals surface area contributed by atoms with E-state index in [0.717, 1.165) is 19.4 Å². The third-order valence-corrected chi connectivity index (χ3v) is 4.16. The molecule has 0 aliphatic heterocycles. The molecule has 2 N–H and O–H groups in total. The minimum Gasteiger partial charge on any atom is -0.387 e. The molecule has 0 bridgehead atoms. The largest absolute Gasteiger partial charge is 0.387 e. The predicted octanol–water partition coefficient (Wildman–Crippen LogP) is 0.743. The van der Waals surface area contributed by atoms with Gasteiger partial charge < -0.3 is 10.2 Å². The number of sulfonamides is 1. The van der Waals surface area contributed by atoms with Gasteiger partial charge in [0.15, 0.2) is 0 Å². The SMILES string of the molecule is CNc1ccncc1S(=O)(=O)NCCCCN(C)C. The number of pyridine rings is 1. The molecule has 0 radical (unpaired) electrons. The second kappa shape index (κ2) is 7.42. The summed E-state index contributed by atoms with van der Waals surface area (Å²) in [6.07, 6.45) is 4.68. The Morgan fingerprint density at radius 2 is 2.05 bits per heavy atom. The lowest BCUT2D eigenvalue weighted by molar-refractivity contribution is 0.394. The summed E-state index contributed by atoms with van der Waals surface area (Å²) in [5.41, 5.74) is 0.552. The molecule has 1 aromatic heterocycles. The van der Waals surface area contributed by atoms with E-state index in [0.29, 0.717) is 12.2 Å². The van der Waals surface area contributed by atoms with Crippen LogP contribution in [0.15, 0.2) is 23.4 Å². The molecule has 0 unspecified atom stereocenters. The fraction of sp³-hybridized carbons (Fsp3) is 0.583. The van der Waals surface area contributed by atoms with Gasteiger partial charge in [-0.1, -0.05) is 0 Å². The minimum atomic E-state index is -3.49. The summed E-state index contributed by atoms with van der Waals surface area (Å²) in [4.78, 5) is 6.12. The van der Waals surface area contributed by atoms with Gasteiger partial charge in [-0.15, -0.1) is 0 Å². The molecule has 1 rings (SSSR count). The lowest BCUT2D eigenvalue weighted by Crippen LogP contribution is -2.26. The van der Waals surface area contributed by atoms with Crippen LogP contribution in [0, 0.1) is 0 Å². The average Bonchev–Trinajstić information content (AvgIpc) is 2.37. The van der Waals surface area contributed by atoms with Gasteiger partial charge in [0.25, 0.3) is 0 Å². The van der Waals surface area contributed by atoms with E-state index in [-0.39, 0.29) is 4.90 Å². The Morgan fingerprint density at radius 3 is 2.68 bits per heavy atom. The summed E-state index contributed by atoms with van der Waals surface area (Å²) >= 11 is 0. The van der Waals surface area contributed by atoms with Crippen LogP contribution in [-0.2, 0) is 10.0 Å². The van der Waals surface area contributed by atoms with Crippen LogP contribution in [0.3, 0.4) is 0 Å². The molecule has 6 nitrogen and oxygen atoms in total. The van der Waals surface area contributed by atoms with Gasteiger partial charge in [-0.3, -0.25) is 4.98 Å². The maximum atomic E-state index is 12.1. The number of hydrogen-bond acceptors (Lipinski definition) is 5. The molecule has 0 amide bonds. The first-order chi connectivity index (χ1) is 8.97. The van der Waals surface area contributed by atoms with Gasteiger partial charge in [0.2, 0.25) is 10.0 Å². The highest BCUT2D eigenvalue weighted by atomic mass is 32.2. The Labute approximate surface area is 115 Å². The lowest BCUT2D eigenvalue weighted by Gasteiger charge is -2.11. The van der Waals surface area contributed by atoms with Crippen molar-refractivity contribution in [2.24, 2.45) is 0 Å². The molecule has 0 saturated heterocycles. The molecular formula is C12H22N4O2S. The van der Waals surface area contributed by atoms with Crippen LogP contribution >= 0.6 is 0 Å². The van der Waals surface area contributed by atoms with Gasteiger partial charge >= 0.3 is 0 Å². The molecule has 0 aromatic carbocycles. The fourth-order valence-corrected chi connectivity index (χ4v) is 2.87. The average molecular weight is 286 g/mol. The third kappa shape index (κ3) is 5.14. The zero-order valence-electron chi connectivity index (χ0n) is 11.7. The monoisotopic (exact) mass is 286 g/mol. The van der Waals surface area contributed by atoms with Crippen LogP contribution in [0.4, 0.5) is 5.69 Å². The van der Waals surface area contributed by atoms with Crippen LogP contribution in [-0.4, -0.2) is 52.5 Å². The highest BCUT2D eigenvalue weighted by Crippen LogP contribution is 2.18. The van der Waals surface area contributed by atoms with E-state index in [1.807, 2.05) is 14.1 Å². The van der Waals surface area contributed by atoms with Crippen molar-refractivity contribution in [3.05, 3.63) is 18.5 Å². The van der Waals surface area contributed by atoms with Crippen LogP contribution in [0.2, 0.25) is 0 Å². The number of aromatic nitrogens is 1. The minimum absolute atomic E-state index is 0.185. The van der Waals surface area contributed by atoms with Crippen LogP contribution in [0.25, 0.3) is 0 Å². The molecule has 0 spiro atoms. The number of nitrogens with zero attached hydrogens (tertiary/aromatic N) is 2. The van der Waals surface area contributed by atoms with Crippen molar-refractivity contribution in [2.45, 2.75) is 17.7 Å². The quantitative estimate of drug-likeness (QED) is 0.690. The van der Waals surface area contributed by atoms with Crippen molar-refractivity contribution < 1.29 is 8.42 Å². The molecule has 108 valence electrons. The highest BCUT2D eigenvalue weighted by molar-refractivity contribution is 7.89. The first kappa shape index (κ1) is 15.9. The standard InChI is InChI=1S/C12H22N4O2S/c1-13-11-6-8-14-10-12(11)19(17,18)15-7-4-5-9-16(2)3/h6,8,10,15H,4-5,7,9H2,1-3H3,(H,13,14). The summed E-state index contributed by atoms with van der Waals surface area (Å²) in [7, 11) is 2.19. The summed E-state index contributed by atoms with van der Waals surface area (Å²) in [5.74, 6) is 0. The fourth-order valence-electron chi connectivity index (χ4n) is 1.64. The van der Waals surface area contributed by atoms with Crippen molar-refractivity contribution in [3.63, 3.8) is 0 Å². The highest BCUT2D eigenvalue weighted by Gasteiger charge is 2.17. The van der Waals surface area contributed by atoms with Crippen molar-refractivity contribution in [2.75, 3.05) is 39.5 Å². The molecular weight excluding hydrogens is 264 g/mol. The van der Waals surface area contributed by atoms with Crippen LogP contribution < -0.4 is 10.0 Å². The number of nitrogens with one attached hydrogen (secondary N) is 2. The molecule has 1 aromatic rings. The van der Waals surface area contributed by atoms with Crippen LogP contribution in [0.1, 0.15) is 12.8 Å². The summed E-state index contributed by atoms with van der Waals surface area (Å²) < 4.78 is 26.8. The van der Waals surface area contributed by atoms with E-state index in [1.54, 1.807) is 19.3 Å². The topological polar surface area (TPSA) is 74.3 Å². The summed E-state index contributed by atoms with van der Waals surface area (Å²) in [6, 6.07) is 1.64. The van der Waals surface area contributed by atoms with Gasteiger partial charge in [-0.05, 0) is 39.5 Å². The first-order valence-electron chi connectivity index (χ1n) is 6.23. The summed E-state index contributed by atoms with van der Waals surface area (Å²) in [5, 5.41) is 2.85. The molecule has 0 saturated carbocycles. The van der Waals surface area contributed by atoms with E-state index >= 15 is 0 Å². The van der Waals surface area contributed by atoms with E-state index in [1.165, 1.54) is 6.20 Å². The van der Waals surface area contributed by atoms with Crippen molar-refractivity contribution in [3.8, 4) is 0 Å². The molecule has 0 atom stereocenters. The zero-order chi connectivity index (χ0) is 14.3. The van der Waals surface area contributed by atoms with Crippen LogP contribution in [0.5, 0.6) is 0 Å². The number of unbranched alkanes of at least 4 members (excludes halogenated alkanes) is 1. The van der Waals surface area contributed by atoms with E-state index in [9.17, 15) is 8.42 Å². The Kier molecular flexibility index (Phi) is 6.20. The third-order valence-electron chi connectivity index (χ3n) is 2.67. The Bertz CT molecular complexity index is 488. The Hall–Kier alpha value is -1.18. The number of hydrogen-bond donors (Lipinski definition) is 2. The second-order valence-corrected chi connectivity index (χ2v) is 6.27. The first-order valence-corrected chi connectivity index (χ1v) is 7.72. The smallest absolute Gasteiger partial charge is 0.244 e. The van der Waals surface area contributed by atoms with Gasteiger partial charge in [-0.25, -0.2) is 13.1 Å². The normalized spacial score (nSPS) is 11.8. The van der Waals surface area contributed by atoms with Gasteiger partial charge in [0, 0.05) is 26.0 Å². The van der Waals surface area contributed by atoms with E-state index in [2.05, 4.69) is 19.9 Å². The van der Waals surface area contributed by atoms with E-state index in [4.69, 9.17) is 0 Å². The van der Waals surface area contributed by atoms with E-state index < -0.39 is 10.0 Å². The van der Waals surface area contributed by atoms with Gasteiger partial charge in [-0.2, -0.15) is 0 Å². The van der Waals surface area contributed by atoms with Gasteiger partial charge in [0.1, 0.15) is 4.90 Å². The maximum absolute atomic E-state index is 12.1. The molecule has 1 heterocycles. The molecule has 19 heavy (non-hydrogen) atoms. The Balaban J connectivity index is 2.56. The summed E-state index contributed by atoms with van der Waals surface area (Å²) in [6.45, 7) is 1.39. The molecule has 0 fully saturated rings. The van der Waals surface area contributed by atoms with Crippen molar-refractivity contribution in [1.82, 2.24) is 14.6 Å². The molecule has 7 heteroatoms. The Morgan fingerprint density at radius 1 is 1.32 bits per heavy atom. The zero-order valence-corrected chi connectivity index (χ0v) is 12.5. The molecule has 0 aliphatic rings. The maximum Gasteiger partial charge on any atom is 0.244 e. The van der Waals surface area contributed by atoms with Gasteiger partial charge in [0.05, 0.1) is 5.69 Å². The lowest BCUT2D eigenvalue weighted by atomic mass is 10.3. The number of anilines is 1.